The van der Waals surface area contributed by atoms with Crippen molar-refractivity contribution in [3.63, 3.8) is 0 Å². The van der Waals surface area contributed by atoms with Crippen LogP contribution in [0, 0.1) is 5.92 Å². The average molecular weight is 189 g/mol. The first-order chi connectivity index (χ1) is 5.70. The fourth-order valence-corrected chi connectivity index (χ4v) is 4.30. The Kier molecular flexibility index (Phi) is 2.12. The predicted octanol–water partition coefficient (Wildman–Crippen LogP) is 0.173. The molecule has 12 heavy (non-hydrogen) atoms. The molecule has 0 aliphatic carbocycles. The number of hydrogen-bond donors (Lipinski definition) is 1. The lowest BCUT2D eigenvalue weighted by Gasteiger charge is -2.36. The van der Waals surface area contributed by atoms with Crippen molar-refractivity contribution in [2.45, 2.75) is 24.5 Å². The van der Waals surface area contributed by atoms with Crippen LogP contribution in [0.5, 0.6) is 0 Å². The van der Waals surface area contributed by atoms with Gasteiger partial charge in [0.1, 0.15) is 0 Å². The summed E-state index contributed by atoms with van der Waals surface area (Å²) in [7, 11) is -2.72. The van der Waals surface area contributed by atoms with E-state index in [1.165, 1.54) is 0 Å². The molecule has 4 heteroatoms. The molecule has 1 unspecified atom stereocenters. The highest BCUT2D eigenvalue weighted by atomic mass is 32.2. The van der Waals surface area contributed by atoms with Crippen LogP contribution in [0.4, 0.5) is 0 Å². The number of nitrogens with one attached hydrogen (secondary N) is 1. The fourth-order valence-electron chi connectivity index (χ4n) is 2.08. The van der Waals surface area contributed by atoms with Gasteiger partial charge in [-0.2, -0.15) is 0 Å². The van der Waals surface area contributed by atoms with Crippen LogP contribution >= 0.6 is 0 Å². The minimum absolute atomic E-state index is 0.0208. The molecule has 0 amide bonds. The van der Waals surface area contributed by atoms with E-state index in [1.54, 1.807) is 0 Å². The zero-order valence-electron chi connectivity index (χ0n) is 7.12. The minimum atomic E-state index is -2.72. The summed E-state index contributed by atoms with van der Waals surface area (Å²) in [4.78, 5) is 0. The van der Waals surface area contributed by atoms with Gasteiger partial charge >= 0.3 is 0 Å². The number of sulfone groups is 1. The molecular formula is C8H15NO2S. The zero-order chi connectivity index (χ0) is 8.60. The van der Waals surface area contributed by atoms with E-state index < -0.39 is 9.84 Å². The molecule has 2 rings (SSSR count). The van der Waals surface area contributed by atoms with E-state index in [0.29, 0.717) is 11.7 Å². The molecule has 3 nitrogen and oxygen atoms in total. The molecule has 0 bridgehead atoms. The largest absolute Gasteiger partial charge is 0.316 e. The van der Waals surface area contributed by atoms with Crippen LogP contribution in [0.2, 0.25) is 0 Å². The summed E-state index contributed by atoms with van der Waals surface area (Å²) in [6.45, 7) is 1.81. The molecule has 2 aliphatic heterocycles. The first-order valence-corrected chi connectivity index (χ1v) is 6.34. The predicted molar refractivity (Wildman–Crippen MR) is 47.8 cm³/mol. The quantitative estimate of drug-likeness (QED) is 0.640. The maximum atomic E-state index is 11.6. The Morgan fingerprint density at radius 1 is 1.17 bits per heavy atom. The van der Waals surface area contributed by atoms with Crippen molar-refractivity contribution in [2.24, 2.45) is 5.92 Å². The van der Waals surface area contributed by atoms with E-state index in [0.717, 1.165) is 32.4 Å². The molecular weight excluding hydrogens is 174 g/mol. The Bertz CT molecular complexity index is 256. The van der Waals surface area contributed by atoms with E-state index in [-0.39, 0.29) is 5.25 Å². The third kappa shape index (κ3) is 1.38. The van der Waals surface area contributed by atoms with Crippen molar-refractivity contribution in [1.82, 2.24) is 5.32 Å². The highest BCUT2D eigenvalue weighted by Crippen LogP contribution is 2.27. The van der Waals surface area contributed by atoms with Gasteiger partial charge in [-0.1, -0.05) is 6.42 Å². The van der Waals surface area contributed by atoms with E-state index >= 15 is 0 Å². The molecule has 0 radical (unpaired) electrons. The Balaban J connectivity index is 2.10. The van der Waals surface area contributed by atoms with Crippen molar-refractivity contribution in [3.8, 4) is 0 Å². The monoisotopic (exact) mass is 189 g/mol. The Labute approximate surface area is 73.5 Å². The summed E-state index contributed by atoms with van der Waals surface area (Å²) in [6, 6.07) is 0. The molecule has 2 heterocycles. The molecule has 2 fully saturated rings. The normalized spacial score (nSPS) is 35.8. The fraction of sp³-hybridized carbons (Fsp3) is 1.00. The maximum absolute atomic E-state index is 11.6. The van der Waals surface area contributed by atoms with Crippen molar-refractivity contribution in [2.75, 3.05) is 18.8 Å². The van der Waals surface area contributed by atoms with Gasteiger partial charge in [-0.15, -0.1) is 0 Å². The summed E-state index contributed by atoms with van der Waals surface area (Å²) >= 11 is 0. The van der Waals surface area contributed by atoms with Crippen LogP contribution < -0.4 is 5.32 Å². The van der Waals surface area contributed by atoms with Crippen molar-refractivity contribution in [1.29, 1.82) is 0 Å². The summed E-state index contributed by atoms with van der Waals surface area (Å²) in [5.74, 6) is 0.837. The Hall–Kier alpha value is -0.0900. The topological polar surface area (TPSA) is 46.2 Å². The van der Waals surface area contributed by atoms with E-state index in [2.05, 4.69) is 5.32 Å². The van der Waals surface area contributed by atoms with E-state index in [4.69, 9.17) is 0 Å². The van der Waals surface area contributed by atoms with Crippen LogP contribution in [0.15, 0.2) is 0 Å². The third-order valence-electron chi connectivity index (χ3n) is 2.97. The zero-order valence-corrected chi connectivity index (χ0v) is 7.94. The minimum Gasteiger partial charge on any atom is -0.316 e. The standard InChI is InChI=1S/C8H15NO2S/c10-12(11)4-2-1-3-8(12)7-5-9-6-7/h7-9H,1-6H2. The van der Waals surface area contributed by atoms with Gasteiger partial charge in [-0.3, -0.25) is 0 Å². The molecule has 0 aromatic carbocycles. The van der Waals surface area contributed by atoms with Gasteiger partial charge < -0.3 is 5.32 Å². The summed E-state index contributed by atoms with van der Waals surface area (Å²) in [5, 5.41) is 3.11. The first-order valence-electron chi connectivity index (χ1n) is 4.62. The summed E-state index contributed by atoms with van der Waals surface area (Å²) in [6.07, 6.45) is 2.87. The van der Waals surface area contributed by atoms with Crippen LogP contribution in [-0.2, 0) is 9.84 Å². The molecule has 0 spiro atoms. The Morgan fingerprint density at radius 2 is 1.92 bits per heavy atom. The molecule has 0 aromatic rings. The molecule has 2 aliphatic rings. The van der Waals surface area contributed by atoms with E-state index in [9.17, 15) is 8.42 Å². The van der Waals surface area contributed by atoms with Gasteiger partial charge in [0.05, 0.1) is 11.0 Å². The van der Waals surface area contributed by atoms with Gasteiger partial charge in [0, 0.05) is 19.0 Å². The van der Waals surface area contributed by atoms with Crippen LogP contribution in [-0.4, -0.2) is 32.5 Å². The smallest absolute Gasteiger partial charge is 0.153 e. The van der Waals surface area contributed by atoms with Crippen LogP contribution in [0.25, 0.3) is 0 Å². The Morgan fingerprint density at radius 3 is 2.42 bits per heavy atom. The average Bonchev–Trinajstić information content (AvgIpc) is 1.89. The highest BCUT2D eigenvalue weighted by Gasteiger charge is 2.37. The number of hydrogen-bond acceptors (Lipinski definition) is 3. The molecule has 1 N–H and O–H groups in total. The van der Waals surface area contributed by atoms with Crippen molar-refractivity contribution >= 4 is 9.84 Å². The maximum Gasteiger partial charge on any atom is 0.153 e. The molecule has 1 atom stereocenters. The van der Waals surface area contributed by atoms with Crippen molar-refractivity contribution in [3.05, 3.63) is 0 Å². The molecule has 70 valence electrons. The lowest BCUT2D eigenvalue weighted by atomic mass is 9.95. The summed E-state index contributed by atoms with van der Waals surface area (Å²) in [5.41, 5.74) is 0. The van der Waals surface area contributed by atoms with Crippen molar-refractivity contribution < 1.29 is 8.42 Å². The third-order valence-corrected chi connectivity index (χ3v) is 5.37. The van der Waals surface area contributed by atoms with Gasteiger partial charge in [0.2, 0.25) is 0 Å². The highest BCUT2D eigenvalue weighted by molar-refractivity contribution is 7.92. The van der Waals surface area contributed by atoms with Crippen LogP contribution in [0.3, 0.4) is 0 Å². The second-order valence-electron chi connectivity index (χ2n) is 3.82. The summed E-state index contributed by atoms with van der Waals surface area (Å²) < 4.78 is 23.2. The van der Waals surface area contributed by atoms with Gasteiger partial charge in [0.25, 0.3) is 0 Å². The van der Waals surface area contributed by atoms with Crippen LogP contribution in [0.1, 0.15) is 19.3 Å². The molecule has 0 saturated carbocycles. The van der Waals surface area contributed by atoms with E-state index in [1.807, 2.05) is 0 Å². The number of rotatable bonds is 1. The van der Waals surface area contributed by atoms with Gasteiger partial charge in [0.15, 0.2) is 9.84 Å². The van der Waals surface area contributed by atoms with Gasteiger partial charge in [-0.05, 0) is 12.8 Å². The molecule has 0 aromatic heterocycles. The second-order valence-corrected chi connectivity index (χ2v) is 6.16. The lowest BCUT2D eigenvalue weighted by molar-refractivity contribution is 0.312. The SMILES string of the molecule is O=S1(=O)CCCCC1C1CNC1. The lowest BCUT2D eigenvalue weighted by Crippen LogP contribution is -2.52. The second kappa shape index (κ2) is 3.00. The molecule has 2 saturated heterocycles. The first kappa shape index (κ1) is 8.51. The van der Waals surface area contributed by atoms with Gasteiger partial charge in [-0.25, -0.2) is 8.42 Å².